The smallest absolute Gasteiger partial charge is 0.199 e. The van der Waals surface area contributed by atoms with Crippen LogP contribution in [-0.4, -0.2) is 20.0 Å². The topological polar surface area (TPSA) is 27.7 Å². The van der Waals surface area contributed by atoms with E-state index in [1.165, 1.54) is 6.42 Å². The van der Waals surface area contributed by atoms with E-state index in [9.17, 15) is 0 Å². The highest BCUT2D eigenvalue weighted by molar-refractivity contribution is 5.70. The number of ether oxygens (including phenoxy) is 3. The van der Waals surface area contributed by atoms with Crippen molar-refractivity contribution in [3.63, 3.8) is 0 Å². The second-order valence-corrected chi connectivity index (χ2v) is 5.14. The molecule has 0 aromatic heterocycles. The van der Waals surface area contributed by atoms with Crippen molar-refractivity contribution < 1.29 is 14.2 Å². The highest BCUT2D eigenvalue weighted by Gasteiger charge is 2.15. The van der Waals surface area contributed by atoms with E-state index < -0.39 is 0 Å². The maximum absolute atomic E-state index is 5.85. The van der Waals surface area contributed by atoms with Crippen molar-refractivity contribution in [2.75, 3.05) is 13.7 Å². The molecule has 0 aliphatic carbocycles. The summed E-state index contributed by atoms with van der Waals surface area (Å²) >= 11 is 0. The molecule has 3 heteroatoms. The highest BCUT2D eigenvalue weighted by atomic mass is 16.7. The maximum Gasteiger partial charge on any atom is 0.199 e. The molecule has 1 unspecified atom stereocenters. The minimum Gasteiger partial charge on any atom is -0.496 e. The van der Waals surface area contributed by atoms with Gasteiger partial charge in [0.25, 0.3) is 0 Å². The van der Waals surface area contributed by atoms with E-state index in [0.29, 0.717) is 0 Å². The molecule has 1 aliphatic rings. The third-order valence-corrected chi connectivity index (χ3v) is 3.68. The summed E-state index contributed by atoms with van der Waals surface area (Å²) in [4.78, 5) is 0. The number of hydrogen-bond donors (Lipinski definition) is 0. The van der Waals surface area contributed by atoms with Crippen molar-refractivity contribution in [1.29, 1.82) is 0 Å². The van der Waals surface area contributed by atoms with Crippen molar-refractivity contribution in [2.24, 2.45) is 0 Å². The Hall–Kier alpha value is -2.00. The van der Waals surface area contributed by atoms with E-state index in [1.54, 1.807) is 7.11 Å². The molecule has 1 fully saturated rings. The van der Waals surface area contributed by atoms with Gasteiger partial charge in [0.1, 0.15) is 11.5 Å². The van der Waals surface area contributed by atoms with Crippen LogP contribution in [0.25, 0.3) is 11.1 Å². The van der Waals surface area contributed by atoms with Crippen LogP contribution in [0.4, 0.5) is 0 Å². The molecule has 21 heavy (non-hydrogen) atoms. The second kappa shape index (κ2) is 6.64. The van der Waals surface area contributed by atoms with Gasteiger partial charge in [-0.2, -0.15) is 0 Å². The molecule has 2 aromatic rings. The lowest BCUT2D eigenvalue weighted by molar-refractivity contribution is -0.105. The molecule has 3 nitrogen and oxygen atoms in total. The van der Waals surface area contributed by atoms with Crippen molar-refractivity contribution in [3.8, 4) is 22.6 Å². The lowest BCUT2D eigenvalue weighted by atomic mass is 10.0. The maximum atomic E-state index is 5.85. The number of benzene rings is 2. The summed E-state index contributed by atoms with van der Waals surface area (Å²) in [6.45, 7) is 0.796. The summed E-state index contributed by atoms with van der Waals surface area (Å²) in [6, 6.07) is 16.1. The largest absolute Gasteiger partial charge is 0.496 e. The van der Waals surface area contributed by atoms with Gasteiger partial charge in [0.2, 0.25) is 0 Å². The van der Waals surface area contributed by atoms with Gasteiger partial charge in [0, 0.05) is 12.0 Å². The van der Waals surface area contributed by atoms with Crippen LogP contribution in [0.5, 0.6) is 11.5 Å². The van der Waals surface area contributed by atoms with Gasteiger partial charge in [-0.1, -0.05) is 30.3 Å². The first-order valence-corrected chi connectivity index (χ1v) is 7.38. The molecule has 0 saturated carbocycles. The lowest BCUT2D eigenvalue weighted by Gasteiger charge is -2.23. The molecule has 1 atom stereocenters. The van der Waals surface area contributed by atoms with Crippen molar-refractivity contribution >= 4 is 0 Å². The fourth-order valence-electron chi connectivity index (χ4n) is 2.55. The minimum atomic E-state index is -0.101. The molecule has 2 aromatic carbocycles. The van der Waals surface area contributed by atoms with E-state index >= 15 is 0 Å². The third-order valence-electron chi connectivity index (χ3n) is 3.68. The summed E-state index contributed by atoms with van der Waals surface area (Å²) in [7, 11) is 1.69. The van der Waals surface area contributed by atoms with Gasteiger partial charge in [-0.3, -0.25) is 0 Å². The van der Waals surface area contributed by atoms with Gasteiger partial charge in [-0.05, 0) is 36.6 Å². The van der Waals surface area contributed by atoms with Crippen LogP contribution in [-0.2, 0) is 4.74 Å². The zero-order chi connectivity index (χ0) is 14.5. The average Bonchev–Trinajstić information content (AvgIpc) is 2.56. The second-order valence-electron chi connectivity index (χ2n) is 5.14. The average molecular weight is 284 g/mol. The molecule has 0 radical (unpaired) electrons. The zero-order valence-corrected chi connectivity index (χ0v) is 12.2. The number of methoxy groups -OCH3 is 1. The first-order valence-electron chi connectivity index (χ1n) is 7.38. The molecular weight excluding hydrogens is 264 g/mol. The van der Waals surface area contributed by atoms with E-state index in [-0.39, 0.29) is 6.29 Å². The Labute approximate surface area is 125 Å². The minimum absolute atomic E-state index is 0.101. The Morgan fingerprint density at radius 2 is 1.81 bits per heavy atom. The first kappa shape index (κ1) is 14.0. The first-order chi connectivity index (χ1) is 10.4. The molecule has 3 rings (SSSR count). The Balaban J connectivity index is 1.74. The van der Waals surface area contributed by atoms with Gasteiger partial charge in [-0.15, -0.1) is 0 Å². The van der Waals surface area contributed by atoms with Crippen LogP contribution in [0.3, 0.4) is 0 Å². The Morgan fingerprint density at radius 3 is 2.52 bits per heavy atom. The zero-order valence-electron chi connectivity index (χ0n) is 12.2. The fraction of sp³-hybridized carbons (Fsp3) is 0.333. The van der Waals surface area contributed by atoms with Crippen molar-refractivity contribution in [2.45, 2.75) is 25.6 Å². The van der Waals surface area contributed by atoms with Crippen LogP contribution in [0.15, 0.2) is 48.5 Å². The van der Waals surface area contributed by atoms with Crippen LogP contribution in [0.1, 0.15) is 19.3 Å². The van der Waals surface area contributed by atoms with Crippen molar-refractivity contribution in [1.82, 2.24) is 0 Å². The summed E-state index contributed by atoms with van der Waals surface area (Å²) in [5, 5.41) is 0. The standard InChI is InChI=1S/C18H20O3/c1-19-17-7-3-2-6-16(17)14-9-11-15(12-10-14)21-18-8-4-5-13-20-18/h2-3,6-7,9-12,18H,4-5,8,13H2,1H3. The third kappa shape index (κ3) is 3.37. The molecule has 0 amide bonds. The van der Waals surface area contributed by atoms with E-state index in [2.05, 4.69) is 18.2 Å². The Bertz CT molecular complexity index is 571. The van der Waals surface area contributed by atoms with E-state index in [1.807, 2.05) is 30.3 Å². The summed E-state index contributed by atoms with van der Waals surface area (Å²) in [5.41, 5.74) is 2.20. The van der Waals surface area contributed by atoms with Crippen LogP contribution in [0, 0.1) is 0 Å². The van der Waals surface area contributed by atoms with E-state index in [0.717, 1.165) is 42.1 Å². The Morgan fingerprint density at radius 1 is 1.00 bits per heavy atom. The quantitative estimate of drug-likeness (QED) is 0.839. The van der Waals surface area contributed by atoms with Crippen LogP contribution in [0.2, 0.25) is 0 Å². The summed E-state index contributed by atoms with van der Waals surface area (Å²) in [5.74, 6) is 1.72. The normalized spacial score (nSPS) is 18.2. The predicted octanol–water partition coefficient (Wildman–Crippen LogP) is 4.27. The molecular formula is C18H20O3. The van der Waals surface area contributed by atoms with E-state index in [4.69, 9.17) is 14.2 Å². The lowest BCUT2D eigenvalue weighted by Crippen LogP contribution is -2.24. The van der Waals surface area contributed by atoms with Gasteiger partial charge < -0.3 is 14.2 Å². The fourth-order valence-corrected chi connectivity index (χ4v) is 2.55. The van der Waals surface area contributed by atoms with Gasteiger partial charge in [-0.25, -0.2) is 0 Å². The van der Waals surface area contributed by atoms with Gasteiger partial charge >= 0.3 is 0 Å². The molecule has 0 N–H and O–H groups in total. The van der Waals surface area contributed by atoms with Crippen molar-refractivity contribution in [3.05, 3.63) is 48.5 Å². The SMILES string of the molecule is COc1ccccc1-c1ccc(OC2CCCCO2)cc1. The summed E-state index contributed by atoms with van der Waals surface area (Å²) < 4.78 is 16.8. The molecule has 0 spiro atoms. The molecule has 1 aliphatic heterocycles. The summed E-state index contributed by atoms with van der Waals surface area (Å²) in [6.07, 6.45) is 3.17. The van der Waals surface area contributed by atoms with Crippen LogP contribution >= 0.6 is 0 Å². The molecule has 1 heterocycles. The molecule has 0 bridgehead atoms. The monoisotopic (exact) mass is 284 g/mol. The molecule has 110 valence electrons. The highest BCUT2D eigenvalue weighted by Crippen LogP contribution is 2.31. The number of rotatable bonds is 4. The predicted molar refractivity (Wildman–Crippen MR) is 82.6 cm³/mol. The molecule has 1 saturated heterocycles. The van der Waals surface area contributed by atoms with Crippen LogP contribution < -0.4 is 9.47 Å². The Kier molecular flexibility index (Phi) is 4.41. The number of para-hydroxylation sites is 1. The van der Waals surface area contributed by atoms with Gasteiger partial charge in [0.05, 0.1) is 13.7 Å². The van der Waals surface area contributed by atoms with Gasteiger partial charge in [0.15, 0.2) is 6.29 Å². The number of hydrogen-bond acceptors (Lipinski definition) is 3.